The lowest BCUT2D eigenvalue weighted by molar-refractivity contribution is -0.122. The number of likely N-dealkylation sites (tertiary alicyclic amines) is 1. The molecule has 1 saturated carbocycles. The number of hydrogen-bond acceptors (Lipinski definition) is 3. The van der Waals surface area contributed by atoms with Crippen LogP contribution in [0.3, 0.4) is 0 Å². The van der Waals surface area contributed by atoms with E-state index in [2.05, 4.69) is 30.1 Å². The van der Waals surface area contributed by atoms with Crippen molar-refractivity contribution in [3.63, 3.8) is 0 Å². The Balaban J connectivity index is 0.00000288. The second-order valence-electron chi connectivity index (χ2n) is 7.48. The Morgan fingerprint density at radius 2 is 1.88 bits per heavy atom. The summed E-state index contributed by atoms with van der Waals surface area (Å²) in [5, 5.41) is 12.7. The van der Waals surface area contributed by atoms with Gasteiger partial charge in [-0.2, -0.15) is 5.26 Å². The van der Waals surface area contributed by atoms with Crippen LogP contribution in [0.5, 0.6) is 0 Å². The van der Waals surface area contributed by atoms with Gasteiger partial charge in [0.05, 0.1) is 6.07 Å². The lowest BCUT2D eigenvalue weighted by atomic mass is 9.86. The van der Waals surface area contributed by atoms with Crippen molar-refractivity contribution in [2.24, 2.45) is 5.92 Å². The number of nitrogens with zero attached hydrogens (tertiary/aromatic N) is 2. The van der Waals surface area contributed by atoms with E-state index in [0.717, 1.165) is 38.1 Å². The highest BCUT2D eigenvalue weighted by Crippen LogP contribution is 2.28. The SMILES string of the molecule is CCC(CC)N1CCC(C#N)(NC(=O)CCC2CCCCC2)C1.Cl.Cl. The molecular formula is C19H35Cl2N3O. The Morgan fingerprint density at radius 1 is 1.24 bits per heavy atom. The summed E-state index contributed by atoms with van der Waals surface area (Å²) in [6.45, 7) is 6.00. The summed E-state index contributed by atoms with van der Waals surface area (Å²) >= 11 is 0. The highest BCUT2D eigenvalue weighted by Gasteiger charge is 2.41. The maximum Gasteiger partial charge on any atom is 0.221 e. The van der Waals surface area contributed by atoms with E-state index in [4.69, 9.17) is 0 Å². The number of carbonyl (C=O) groups excluding carboxylic acids is 1. The zero-order valence-corrected chi connectivity index (χ0v) is 17.4. The van der Waals surface area contributed by atoms with Gasteiger partial charge in [-0.25, -0.2) is 0 Å². The average Bonchev–Trinajstić information content (AvgIpc) is 2.99. The molecule has 0 bridgehead atoms. The van der Waals surface area contributed by atoms with E-state index in [1.165, 1.54) is 32.1 Å². The Labute approximate surface area is 165 Å². The average molecular weight is 392 g/mol. The summed E-state index contributed by atoms with van der Waals surface area (Å²) in [7, 11) is 0. The van der Waals surface area contributed by atoms with E-state index < -0.39 is 5.54 Å². The van der Waals surface area contributed by atoms with Gasteiger partial charge in [-0.05, 0) is 31.6 Å². The van der Waals surface area contributed by atoms with Crippen molar-refractivity contribution in [1.29, 1.82) is 5.26 Å². The summed E-state index contributed by atoms with van der Waals surface area (Å²) in [6.07, 6.45) is 11.1. The fourth-order valence-electron chi connectivity index (χ4n) is 4.32. The molecule has 1 N–H and O–H groups in total. The number of nitriles is 1. The van der Waals surface area contributed by atoms with E-state index in [-0.39, 0.29) is 30.7 Å². The number of halogens is 2. The van der Waals surface area contributed by atoms with Crippen molar-refractivity contribution in [1.82, 2.24) is 10.2 Å². The fraction of sp³-hybridized carbons (Fsp3) is 0.895. The molecular weight excluding hydrogens is 357 g/mol. The van der Waals surface area contributed by atoms with Crippen molar-refractivity contribution < 1.29 is 4.79 Å². The van der Waals surface area contributed by atoms with Crippen molar-refractivity contribution in [2.45, 2.75) is 89.6 Å². The number of hydrogen-bond donors (Lipinski definition) is 1. The van der Waals surface area contributed by atoms with Crippen LogP contribution in [0.2, 0.25) is 0 Å². The Hall–Kier alpha value is -0.500. The quantitative estimate of drug-likeness (QED) is 0.696. The number of nitrogens with one attached hydrogen (secondary N) is 1. The lowest BCUT2D eigenvalue weighted by Gasteiger charge is -2.28. The van der Waals surface area contributed by atoms with Crippen molar-refractivity contribution in [2.75, 3.05) is 13.1 Å². The second-order valence-corrected chi connectivity index (χ2v) is 7.48. The summed E-state index contributed by atoms with van der Waals surface area (Å²) in [6, 6.07) is 2.94. The third kappa shape index (κ3) is 6.96. The van der Waals surface area contributed by atoms with Crippen molar-refractivity contribution in [3.05, 3.63) is 0 Å². The van der Waals surface area contributed by atoms with E-state index in [0.29, 0.717) is 19.0 Å². The maximum atomic E-state index is 12.3. The standard InChI is InChI=1S/C19H33N3O.2ClH/c1-3-17(4-2)22-13-12-19(14-20,15-22)21-18(23)11-10-16-8-6-5-7-9-16;;/h16-17H,3-13,15H2,1-2H3,(H,21,23);2*1H. The Bertz CT molecular complexity index is 431. The third-order valence-electron chi connectivity index (χ3n) is 5.85. The highest BCUT2D eigenvalue weighted by atomic mass is 35.5. The lowest BCUT2D eigenvalue weighted by Crippen LogP contribution is -2.50. The predicted molar refractivity (Wildman–Crippen MR) is 107 cm³/mol. The molecule has 1 saturated heterocycles. The molecule has 1 aliphatic heterocycles. The second kappa shape index (κ2) is 12.0. The minimum Gasteiger partial charge on any atom is -0.337 e. The van der Waals surface area contributed by atoms with Crippen LogP contribution in [0.15, 0.2) is 0 Å². The first-order chi connectivity index (χ1) is 11.1. The first-order valence-corrected chi connectivity index (χ1v) is 9.58. The van der Waals surface area contributed by atoms with Crippen molar-refractivity contribution in [3.8, 4) is 6.07 Å². The third-order valence-corrected chi connectivity index (χ3v) is 5.85. The molecule has 2 fully saturated rings. The van der Waals surface area contributed by atoms with E-state index >= 15 is 0 Å². The molecule has 2 aliphatic rings. The van der Waals surface area contributed by atoms with Crippen LogP contribution in [-0.2, 0) is 4.79 Å². The molecule has 1 unspecified atom stereocenters. The minimum absolute atomic E-state index is 0. The van der Waals surface area contributed by atoms with Gasteiger partial charge in [0.1, 0.15) is 5.54 Å². The summed E-state index contributed by atoms with van der Waals surface area (Å²) in [4.78, 5) is 14.7. The van der Waals surface area contributed by atoms with Gasteiger partial charge in [0.2, 0.25) is 5.91 Å². The van der Waals surface area contributed by atoms with Gasteiger partial charge in [0.15, 0.2) is 0 Å². The molecule has 146 valence electrons. The van der Waals surface area contributed by atoms with Crippen LogP contribution in [0, 0.1) is 17.2 Å². The summed E-state index contributed by atoms with van der Waals surface area (Å²) in [5.74, 6) is 0.792. The smallest absolute Gasteiger partial charge is 0.221 e. The maximum absolute atomic E-state index is 12.3. The molecule has 0 aromatic carbocycles. The molecule has 1 atom stereocenters. The van der Waals surface area contributed by atoms with Crippen LogP contribution in [-0.4, -0.2) is 35.5 Å². The van der Waals surface area contributed by atoms with Gasteiger partial charge < -0.3 is 5.32 Å². The molecule has 0 aromatic rings. The predicted octanol–water partition coefficient (Wildman–Crippen LogP) is 4.46. The van der Waals surface area contributed by atoms with Gasteiger partial charge in [-0.15, -0.1) is 24.8 Å². The molecule has 2 rings (SSSR count). The Morgan fingerprint density at radius 3 is 2.44 bits per heavy atom. The molecule has 0 spiro atoms. The molecule has 25 heavy (non-hydrogen) atoms. The van der Waals surface area contributed by atoms with Gasteiger partial charge in [-0.3, -0.25) is 9.69 Å². The van der Waals surface area contributed by atoms with Crippen molar-refractivity contribution >= 4 is 30.7 Å². The molecule has 4 nitrogen and oxygen atoms in total. The minimum atomic E-state index is -0.660. The molecule has 0 aromatic heterocycles. The molecule has 1 aliphatic carbocycles. The topological polar surface area (TPSA) is 56.1 Å². The van der Waals surface area contributed by atoms with E-state index in [1.54, 1.807) is 0 Å². The number of amides is 1. The zero-order chi connectivity index (χ0) is 16.7. The molecule has 1 amide bonds. The first-order valence-electron chi connectivity index (χ1n) is 9.58. The van der Waals surface area contributed by atoms with Gasteiger partial charge in [0, 0.05) is 25.6 Å². The number of rotatable bonds is 7. The highest BCUT2D eigenvalue weighted by molar-refractivity contribution is 5.85. The summed E-state index contributed by atoms with van der Waals surface area (Å²) < 4.78 is 0. The normalized spacial score (nSPS) is 24.2. The first kappa shape index (κ1) is 24.5. The van der Waals surface area contributed by atoms with Gasteiger partial charge >= 0.3 is 0 Å². The molecule has 1 heterocycles. The zero-order valence-electron chi connectivity index (χ0n) is 15.8. The fourth-order valence-corrected chi connectivity index (χ4v) is 4.32. The summed E-state index contributed by atoms with van der Waals surface area (Å²) in [5.41, 5.74) is -0.660. The molecule has 6 heteroatoms. The van der Waals surface area contributed by atoms with E-state index in [1.807, 2.05) is 0 Å². The Kier molecular flexibility index (Phi) is 11.8. The largest absolute Gasteiger partial charge is 0.337 e. The van der Waals surface area contributed by atoms with Gasteiger partial charge in [-0.1, -0.05) is 46.0 Å². The van der Waals surface area contributed by atoms with Crippen LogP contribution >= 0.6 is 24.8 Å². The van der Waals surface area contributed by atoms with Crippen LogP contribution in [0.1, 0.15) is 78.1 Å². The van der Waals surface area contributed by atoms with Crippen LogP contribution < -0.4 is 5.32 Å². The number of carbonyl (C=O) groups is 1. The van der Waals surface area contributed by atoms with E-state index in [9.17, 15) is 10.1 Å². The van der Waals surface area contributed by atoms with Crippen LogP contribution in [0.25, 0.3) is 0 Å². The monoisotopic (exact) mass is 391 g/mol. The van der Waals surface area contributed by atoms with Crippen LogP contribution in [0.4, 0.5) is 0 Å². The molecule has 0 radical (unpaired) electrons. The van der Waals surface area contributed by atoms with Gasteiger partial charge in [0.25, 0.3) is 0 Å².